The molecule has 180 valence electrons. The SMILES string of the molecule is Cc1ccc(S(=O)(=O)OCC[C@@H](Nc2c(Br)c(=O)n(C)c3ccc([N+](=O)[O-])cc23)C2CC2)cc1. The average molecular weight is 550 g/mol. The van der Waals surface area contributed by atoms with Crippen LogP contribution >= 0.6 is 15.9 Å². The molecule has 1 aliphatic rings. The summed E-state index contributed by atoms with van der Waals surface area (Å²) in [5, 5.41) is 15.2. The highest BCUT2D eigenvalue weighted by molar-refractivity contribution is 9.10. The fraction of sp³-hybridized carbons (Fsp3) is 0.348. The number of halogens is 1. The monoisotopic (exact) mass is 549 g/mol. The molecular weight excluding hydrogens is 526 g/mol. The van der Waals surface area contributed by atoms with Gasteiger partial charge in [0, 0.05) is 30.6 Å². The summed E-state index contributed by atoms with van der Waals surface area (Å²) in [6.45, 7) is 1.83. The Hall–Kier alpha value is -2.76. The molecule has 1 atom stereocenters. The van der Waals surface area contributed by atoms with Crippen molar-refractivity contribution in [3.05, 3.63) is 73.0 Å². The number of aryl methyl sites for hydroxylation is 2. The van der Waals surface area contributed by atoms with Gasteiger partial charge in [-0.3, -0.25) is 19.1 Å². The molecule has 11 heteroatoms. The van der Waals surface area contributed by atoms with Crippen molar-refractivity contribution in [3.8, 4) is 0 Å². The van der Waals surface area contributed by atoms with Crippen molar-refractivity contribution >= 4 is 48.3 Å². The van der Waals surface area contributed by atoms with Crippen molar-refractivity contribution in [1.82, 2.24) is 4.57 Å². The molecule has 1 saturated carbocycles. The molecule has 2 aromatic carbocycles. The fourth-order valence-corrected chi connectivity index (χ4v) is 5.44. The third-order valence-electron chi connectivity index (χ3n) is 6.03. The highest BCUT2D eigenvalue weighted by Gasteiger charge is 2.33. The average Bonchev–Trinajstić information content (AvgIpc) is 3.64. The summed E-state index contributed by atoms with van der Waals surface area (Å²) in [6.07, 6.45) is 2.31. The summed E-state index contributed by atoms with van der Waals surface area (Å²) in [6, 6.07) is 10.6. The number of hydrogen-bond acceptors (Lipinski definition) is 7. The topological polar surface area (TPSA) is 121 Å². The van der Waals surface area contributed by atoms with Crippen molar-refractivity contribution in [3.63, 3.8) is 0 Å². The molecule has 1 aromatic heterocycles. The third kappa shape index (κ3) is 5.01. The zero-order valence-electron chi connectivity index (χ0n) is 18.7. The number of nitro groups is 1. The van der Waals surface area contributed by atoms with E-state index in [0.717, 1.165) is 18.4 Å². The first-order valence-corrected chi connectivity index (χ1v) is 13.0. The van der Waals surface area contributed by atoms with E-state index in [-0.39, 0.29) is 39.2 Å². The Bertz CT molecular complexity index is 1420. The van der Waals surface area contributed by atoms with Crippen LogP contribution in [-0.4, -0.2) is 30.6 Å². The highest BCUT2D eigenvalue weighted by atomic mass is 79.9. The van der Waals surface area contributed by atoms with Crippen molar-refractivity contribution in [2.75, 3.05) is 11.9 Å². The van der Waals surface area contributed by atoms with Gasteiger partial charge in [-0.05, 0) is 66.2 Å². The predicted octanol–water partition coefficient (Wildman–Crippen LogP) is 4.50. The molecule has 4 rings (SSSR count). The van der Waals surface area contributed by atoms with E-state index in [0.29, 0.717) is 23.0 Å². The number of rotatable bonds is 9. The number of pyridine rings is 1. The van der Waals surface area contributed by atoms with E-state index >= 15 is 0 Å². The number of nitrogens with one attached hydrogen (secondary N) is 1. The minimum atomic E-state index is -3.89. The molecular formula is C23H24BrN3O6S. The van der Waals surface area contributed by atoms with Gasteiger partial charge in [0.25, 0.3) is 21.4 Å². The number of anilines is 1. The molecule has 0 unspecified atom stereocenters. The van der Waals surface area contributed by atoms with E-state index in [1.165, 1.54) is 28.8 Å². The lowest BCUT2D eigenvalue weighted by Gasteiger charge is -2.22. The van der Waals surface area contributed by atoms with Crippen molar-refractivity contribution in [2.24, 2.45) is 13.0 Å². The van der Waals surface area contributed by atoms with Gasteiger partial charge in [0.2, 0.25) is 0 Å². The summed E-state index contributed by atoms with van der Waals surface area (Å²) in [5.41, 5.74) is 1.59. The standard InChI is InChI=1S/C23H24BrN3O6S/c1-14-3-8-17(9-4-14)34(31,32)33-12-11-19(15-5-6-15)25-22-18-13-16(27(29)30)7-10-20(18)26(2)23(28)21(22)24/h3-4,7-10,13,15,19,25H,5-6,11-12H2,1-2H3/t19-/m1/s1. The Labute approximate surface area is 205 Å². The normalized spacial score (nSPS) is 14.8. The molecule has 0 spiro atoms. The zero-order chi connectivity index (χ0) is 24.6. The van der Waals surface area contributed by atoms with Crippen LogP contribution in [0.1, 0.15) is 24.8 Å². The lowest BCUT2D eigenvalue weighted by Crippen LogP contribution is -2.27. The number of nitrogens with zero attached hydrogens (tertiary/aromatic N) is 2. The van der Waals surface area contributed by atoms with E-state index in [1.54, 1.807) is 25.2 Å². The van der Waals surface area contributed by atoms with Crippen LogP contribution < -0.4 is 10.9 Å². The number of nitro benzene ring substituents is 1. The van der Waals surface area contributed by atoms with E-state index in [4.69, 9.17) is 4.18 Å². The quantitative estimate of drug-likeness (QED) is 0.237. The second kappa shape index (κ2) is 9.47. The summed E-state index contributed by atoms with van der Waals surface area (Å²) in [5.74, 6) is 0.287. The Balaban J connectivity index is 1.59. The van der Waals surface area contributed by atoms with Gasteiger partial charge in [0.05, 0.1) is 27.6 Å². The van der Waals surface area contributed by atoms with Gasteiger partial charge in [0.15, 0.2) is 0 Å². The third-order valence-corrected chi connectivity index (χ3v) is 8.09. The maximum absolute atomic E-state index is 12.8. The number of non-ortho nitro benzene ring substituents is 1. The molecule has 0 saturated heterocycles. The van der Waals surface area contributed by atoms with Gasteiger partial charge in [0.1, 0.15) is 4.47 Å². The van der Waals surface area contributed by atoms with Crippen LogP contribution in [0.5, 0.6) is 0 Å². The summed E-state index contributed by atoms with van der Waals surface area (Å²) in [4.78, 5) is 23.7. The largest absolute Gasteiger partial charge is 0.380 e. The summed E-state index contributed by atoms with van der Waals surface area (Å²) >= 11 is 3.36. The number of aromatic nitrogens is 1. The summed E-state index contributed by atoms with van der Waals surface area (Å²) < 4.78 is 32.0. The molecule has 34 heavy (non-hydrogen) atoms. The van der Waals surface area contributed by atoms with Crippen LogP contribution in [0.2, 0.25) is 0 Å². The van der Waals surface area contributed by atoms with Gasteiger partial charge in [-0.2, -0.15) is 8.42 Å². The van der Waals surface area contributed by atoms with E-state index in [9.17, 15) is 23.3 Å². The molecule has 3 aromatic rings. The lowest BCUT2D eigenvalue weighted by molar-refractivity contribution is -0.384. The van der Waals surface area contributed by atoms with Crippen LogP contribution in [-0.2, 0) is 21.3 Å². The molecule has 1 aliphatic carbocycles. The van der Waals surface area contributed by atoms with Gasteiger partial charge < -0.3 is 9.88 Å². The molecule has 0 radical (unpaired) electrons. The number of benzene rings is 2. The smallest absolute Gasteiger partial charge is 0.296 e. The van der Waals surface area contributed by atoms with Crippen molar-refractivity contribution < 1.29 is 17.5 Å². The van der Waals surface area contributed by atoms with Crippen LogP contribution in [0.25, 0.3) is 10.9 Å². The maximum Gasteiger partial charge on any atom is 0.296 e. The van der Waals surface area contributed by atoms with E-state index < -0.39 is 15.0 Å². The Kier molecular flexibility index (Phi) is 6.79. The minimum Gasteiger partial charge on any atom is -0.380 e. The minimum absolute atomic E-state index is 0.0368. The fourth-order valence-electron chi connectivity index (χ4n) is 3.92. The van der Waals surface area contributed by atoms with Crippen LogP contribution in [0, 0.1) is 23.0 Å². The van der Waals surface area contributed by atoms with Crippen LogP contribution in [0.3, 0.4) is 0 Å². The lowest BCUT2D eigenvalue weighted by atomic mass is 10.1. The molecule has 9 nitrogen and oxygen atoms in total. The van der Waals surface area contributed by atoms with Gasteiger partial charge in [-0.15, -0.1) is 0 Å². The Morgan fingerprint density at radius 3 is 2.53 bits per heavy atom. The number of fused-ring (bicyclic) bond motifs is 1. The summed E-state index contributed by atoms with van der Waals surface area (Å²) in [7, 11) is -2.28. The number of hydrogen-bond donors (Lipinski definition) is 1. The highest BCUT2D eigenvalue weighted by Crippen LogP contribution is 2.39. The molecule has 1 N–H and O–H groups in total. The first-order valence-electron chi connectivity index (χ1n) is 10.8. The molecule has 0 bridgehead atoms. The van der Waals surface area contributed by atoms with Crippen molar-refractivity contribution in [1.29, 1.82) is 0 Å². The Morgan fingerprint density at radius 1 is 1.24 bits per heavy atom. The van der Waals surface area contributed by atoms with Gasteiger partial charge in [-0.25, -0.2) is 0 Å². The molecule has 1 heterocycles. The maximum atomic E-state index is 12.8. The zero-order valence-corrected chi connectivity index (χ0v) is 21.1. The first-order chi connectivity index (χ1) is 16.1. The van der Waals surface area contributed by atoms with E-state index in [1.807, 2.05) is 6.92 Å². The van der Waals surface area contributed by atoms with Crippen molar-refractivity contribution in [2.45, 2.75) is 37.1 Å². The second-order valence-corrected chi connectivity index (χ2v) is 10.9. The van der Waals surface area contributed by atoms with Gasteiger partial charge >= 0.3 is 0 Å². The molecule has 0 amide bonds. The second-order valence-electron chi connectivity index (χ2n) is 8.48. The molecule has 0 aliphatic heterocycles. The molecule has 1 fully saturated rings. The predicted molar refractivity (Wildman–Crippen MR) is 133 cm³/mol. The van der Waals surface area contributed by atoms with Crippen LogP contribution in [0.15, 0.2) is 56.6 Å². The Morgan fingerprint density at radius 2 is 1.91 bits per heavy atom. The van der Waals surface area contributed by atoms with Crippen LogP contribution in [0.4, 0.5) is 11.4 Å². The van der Waals surface area contributed by atoms with Gasteiger partial charge in [-0.1, -0.05) is 17.7 Å². The first kappa shape index (κ1) is 24.4. The van der Waals surface area contributed by atoms with E-state index in [2.05, 4.69) is 21.2 Å².